The molecular weight excluding hydrogens is 301 g/mol. The third-order valence-corrected chi connectivity index (χ3v) is 3.13. The fourth-order valence-electron chi connectivity index (χ4n) is 1.70. The van der Waals surface area contributed by atoms with Gasteiger partial charge in [0.05, 0.1) is 22.7 Å². The van der Waals surface area contributed by atoms with Crippen molar-refractivity contribution < 1.29 is 17.9 Å². The lowest BCUT2D eigenvalue weighted by Crippen LogP contribution is -2.10. The molecule has 0 aliphatic rings. The summed E-state index contributed by atoms with van der Waals surface area (Å²) in [6.45, 7) is -0.307. The van der Waals surface area contributed by atoms with Crippen molar-refractivity contribution in [2.24, 2.45) is 0 Å². The average Bonchev–Trinajstić information content (AvgIpc) is 2.61. The molecule has 104 valence electrons. The molecule has 2 rings (SSSR count). The number of halogens is 4. The Bertz CT molecular complexity index is 641. The first-order valence-corrected chi connectivity index (χ1v) is 6.21. The lowest BCUT2D eigenvalue weighted by atomic mass is 10.3. The molecule has 0 spiro atoms. The number of alkyl halides is 2. The highest BCUT2D eigenvalue weighted by molar-refractivity contribution is 7.71. The fraction of sp³-hybridized carbons (Fsp3) is 0.364. The highest BCUT2D eigenvalue weighted by Crippen LogP contribution is 2.22. The number of nitrogens with zero attached hydrogens (tertiary/aromatic N) is 1. The molecule has 0 saturated carbocycles. The van der Waals surface area contributed by atoms with Gasteiger partial charge in [-0.3, -0.25) is 0 Å². The van der Waals surface area contributed by atoms with Gasteiger partial charge in [0.15, 0.2) is 4.77 Å². The number of hydrogen-bond donors (Lipinski definition) is 1. The smallest absolute Gasteiger partial charge is 0.261 e. The highest BCUT2D eigenvalue weighted by Gasteiger charge is 2.09. The van der Waals surface area contributed by atoms with Gasteiger partial charge in [-0.15, -0.1) is 0 Å². The van der Waals surface area contributed by atoms with Crippen LogP contribution in [0.3, 0.4) is 0 Å². The second-order valence-electron chi connectivity index (χ2n) is 3.83. The van der Waals surface area contributed by atoms with E-state index in [-0.39, 0.29) is 18.2 Å². The number of rotatable bonds is 5. The van der Waals surface area contributed by atoms with Crippen LogP contribution in [0.5, 0.6) is 0 Å². The van der Waals surface area contributed by atoms with Gasteiger partial charge in [-0.2, -0.15) is 0 Å². The van der Waals surface area contributed by atoms with Gasteiger partial charge >= 0.3 is 0 Å². The van der Waals surface area contributed by atoms with Crippen LogP contribution in [0, 0.1) is 10.6 Å². The molecule has 2 aromatic rings. The summed E-state index contributed by atoms with van der Waals surface area (Å²) in [6, 6.07) is 2.68. The third-order valence-electron chi connectivity index (χ3n) is 2.52. The van der Waals surface area contributed by atoms with Crippen molar-refractivity contribution in [1.29, 1.82) is 0 Å². The predicted molar refractivity (Wildman–Crippen MR) is 68.9 cm³/mol. The van der Waals surface area contributed by atoms with Gasteiger partial charge in [0.2, 0.25) is 0 Å². The fourth-order valence-corrected chi connectivity index (χ4v) is 2.17. The van der Waals surface area contributed by atoms with Crippen molar-refractivity contribution in [3.05, 3.63) is 27.7 Å². The van der Waals surface area contributed by atoms with Crippen molar-refractivity contribution in [2.75, 3.05) is 13.2 Å². The van der Waals surface area contributed by atoms with Gasteiger partial charge in [0, 0.05) is 12.6 Å². The van der Waals surface area contributed by atoms with E-state index < -0.39 is 18.8 Å². The maximum absolute atomic E-state index is 13.4. The molecule has 1 aromatic heterocycles. The number of fused-ring (bicyclic) bond motifs is 1. The lowest BCUT2D eigenvalue weighted by Gasteiger charge is -2.06. The minimum Gasteiger partial charge on any atom is -0.374 e. The first-order valence-electron chi connectivity index (χ1n) is 5.42. The summed E-state index contributed by atoms with van der Waals surface area (Å²) >= 11 is 10.7. The maximum Gasteiger partial charge on any atom is 0.261 e. The quantitative estimate of drug-likeness (QED) is 0.673. The zero-order chi connectivity index (χ0) is 14.0. The monoisotopic (exact) mass is 310 g/mol. The number of imidazole rings is 1. The summed E-state index contributed by atoms with van der Waals surface area (Å²) in [6.07, 6.45) is -2.51. The molecule has 0 aliphatic heterocycles. The van der Waals surface area contributed by atoms with Crippen molar-refractivity contribution in [2.45, 2.75) is 13.0 Å². The summed E-state index contributed by atoms with van der Waals surface area (Å²) < 4.78 is 43.9. The number of ether oxygens (including phenoxy) is 1. The molecule has 3 nitrogen and oxygen atoms in total. The predicted octanol–water partition coefficient (Wildman–Crippen LogP) is 3.77. The van der Waals surface area contributed by atoms with Crippen LogP contribution in [0.2, 0.25) is 5.02 Å². The van der Waals surface area contributed by atoms with E-state index in [2.05, 4.69) is 4.98 Å². The minimum atomic E-state index is -2.51. The van der Waals surface area contributed by atoms with Crippen LogP contribution in [-0.4, -0.2) is 29.2 Å². The minimum absolute atomic E-state index is 0.00940. The summed E-state index contributed by atoms with van der Waals surface area (Å²) in [5.74, 6) is -0.564. The Hall–Kier alpha value is -1.05. The van der Waals surface area contributed by atoms with E-state index in [0.29, 0.717) is 15.8 Å². The third kappa shape index (κ3) is 3.29. The molecule has 0 fully saturated rings. The number of aromatic amines is 1. The Balaban J connectivity index is 2.20. The Labute approximate surface area is 116 Å². The van der Waals surface area contributed by atoms with Gasteiger partial charge in [-0.1, -0.05) is 11.6 Å². The van der Waals surface area contributed by atoms with Crippen LogP contribution < -0.4 is 0 Å². The maximum atomic E-state index is 13.4. The van der Waals surface area contributed by atoms with E-state index in [1.165, 1.54) is 12.1 Å². The summed E-state index contributed by atoms with van der Waals surface area (Å²) in [5.41, 5.74) is 1.11. The van der Waals surface area contributed by atoms with Gasteiger partial charge < -0.3 is 14.3 Å². The van der Waals surface area contributed by atoms with Crippen LogP contribution >= 0.6 is 23.8 Å². The average molecular weight is 311 g/mol. The van der Waals surface area contributed by atoms with E-state index in [1.54, 1.807) is 4.57 Å². The van der Waals surface area contributed by atoms with Gasteiger partial charge in [-0.25, -0.2) is 13.2 Å². The molecule has 0 aliphatic carbocycles. The van der Waals surface area contributed by atoms with Gasteiger partial charge in [0.25, 0.3) is 6.43 Å². The standard InChI is InChI=1S/C11H10ClF3N2OS/c12-6-3-8-9(4-7(6)13)17(11(19)16-8)1-2-18-5-10(14)15/h3-4,10H,1-2,5H2,(H,16,19). The Morgan fingerprint density at radius 3 is 2.84 bits per heavy atom. The zero-order valence-corrected chi connectivity index (χ0v) is 11.2. The molecule has 1 heterocycles. The highest BCUT2D eigenvalue weighted by atomic mass is 35.5. The van der Waals surface area contributed by atoms with E-state index in [4.69, 9.17) is 28.6 Å². The molecule has 8 heteroatoms. The second-order valence-corrected chi connectivity index (χ2v) is 4.63. The Morgan fingerprint density at radius 2 is 2.16 bits per heavy atom. The van der Waals surface area contributed by atoms with Crippen LogP contribution in [0.1, 0.15) is 0 Å². The van der Waals surface area contributed by atoms with Crippen LogP contribution in [0.4, 0.5) is 13.2 Å². The molecule has 0 radical (unpaired) electrons. The number of nitrogens with one attached hydrogen (secondary N) is 1. The van der Waals surface area contributed by atoms with Gasteiger partial charge in [-0.05, 0) is 18.3 Å². The Morgan fingerprint density at radius 1 is 1.42 bits per heavy atom. The molecule has 19 heavy (non-hydrogen) atoms. The molecule has 0 atom stereocenters. The lowest BCUT2D eigenvalue weighted by molar-refractivity contribution is 0.0149. The van der Waals surface area contributed by atoms with Crippen molar-refractivity contribution in [3.8, 4) is 0 Å². The number of H-pyrrole nitrogens is 1. The largest absolute Gasteiger partial charge is 0.374 e. The van der Waals surface area contributed by atoms with E-state index in [1.807, 2.05) is 0 Å². The molecule has 0 unspecified atom stereocenters. The van der Waals surface area contributed by atoms with Crippen LogP contribution in [0.25, 0.3) is 11.0 Å². The topological polar surface area (TPSA) is 29.9 Å². The van der Waals surface area contributed by atoms with E-state index in [9.17, 15) is 13.2 Å². The summed E-state index contributed by atoms with van der Waals surface area (Å²) in [7, 11) is 0. The molecule has 1 N–H and O–H groups in total. The molecule has 1 aromatic carbocycles. The van der Waals surface area contributed by atoms with Crippen molar-refractivity contribution >= 4 is 34.9 Å². The second kappa shape index (κ2) is 5.94. The van der Waals surface area contributed by atoms with E-state index >= 15 is 0 Å². The van der Waals surface area contributed by atoms with Crippen molar-refractivity contribution in [1.82, 2.24) is 9.55 Å². The molecule has 0 saturated heterocycles. The molecule has 0 bridgehead atoms. The van der Waals surface area contributed by atoms with Crippen molar-refractivity contribution in [3.63, 3.8) is 0 Å². The number of benzene rings is 1. The SMILES string of the molecule is Fc1cc2c(cc1Cl)[nH]c(=S)n2CCOCC(F)F. The summed E-state index contributed by atoms with van der Waals surface area (Å²) in [4.78, 5) is 2.87. The van der Waals surface area contributed by atoms with Crippen LogP contribution in [0.15, 0.2) is 12.1 Å². The zero-order valence-electron chi connectivity index (χ0n) is 9.63. The summed E-state index contributed by atoms with van der Waals surface area (Å²) in [5, 5.41) is -0.00940. The number of hydrogen-bond acceptors (Lipinski definition) is 2. The Kier molecular flexibility index (Phi) is 4.49. The van der Waals surface area contributed by atoms with E-state index in [0.717, 1.165) is 0 Å². The van der Waals surface area contributed by atoms with Crippen LogP contribution in [-0.2, 0) is 11.3 Å². The van der Waals surface area contributed by atoms with Gasteiger partial charge in [0.1, 0.15) is 12.4 Å². The number of aromatic nitrogens is 2. The first kappa shape index (κ1) is 14.4. The molecule has 0 amide bonds. The first-order chi connectivity index (χ1) is 8.99. The normalized spacial score (nSPS) is 11.6. The molecular formula is C11H10ClF3N2OS.